The molecule has 1 saturated carbocycles. The number of hydrogen-bond acceptors (Lipinski definition) is 3. The van der Waals surface area contributed by atoms with E-state index in [1.165, 1.54) is 53.5 Å². The molecule has 158 valence electrons. The van der Waals surface area contributed by atoms with Crippen molar-refractivity contribution in [2.75, 3.05) is 0 Å². The molecule has 2 aromatic heterocycles. The predicted octanol–water partition coefficient (Wildman–Crippen LogP) is 7.71. The van der Waals surface area contributed by atoms with E-state index < -0.39 is 0 Å². The highest BCUT2D eigenvalue weighted by molar-refractivity contribution is 6.08. The van der Waals surface area contributed by atoms with Crippen LogP contribution >= 0.6 is 0 Å². The van der Waals surface area contributed by atoms with Gasteiger partial charge in [0.2, 0.25) is 5.71 Å². The molecule has 3 heterocycles. The number of benzene rings is 2. The highest BCUT2D eigenvalue weighted by atomic mass is 16.3. The molecule has 0 N–H and O–H groups in total. The second-order valence-electron chi connectivity index (χ2n) is 8.98. The lowest BCUT2D eigenvalue weighted by molar-refractivity contribution is 0.652. The number of aromatic nitrogens is 1. The van der Waals surface area contributed by atoms with Gasteiger partial charge in [0.1, 0.15) is 5.58 Å². The van der Waals surface area contributed by atoms with Crippen molar-refractivity contribution in [3.8, 4) is 0 Å². The van der Waals surface area contributed by atoms with E-state index >= 15 is 0 Å². The average Bonchev–Trinajstić information content (AvgIpc) is 3.49. The predicted molar refractivity (Wildman–Crippen MR) is 133 cm³/mol. The second kappa shape index (κ2) is 7.90. The van der Waals surface area contributed by atoms with Crippen molar-refractivity contribution < 1.29 is 4.42 Å². The number of pyridine rings is 1. The molecule has 1 aliphatic heterocycles. The molecule has 6 rings (SSSR count). The van der Waals surface area contributed by atoms with Crippen LogP contribution in [0.15, 0.2) is 76.3 Å². The summed E-state index contributed by atoms with van der Waals surface area (Å²) < 4.78 is 6.26. The number of rotatable bonds is 2. The zero-order valence-electron chi connectivity index (χ0n) is 18.3. The van der Waals surface area contributed by atoms with Crippen molar-refractivity contribution in [1.29, 1.82) is 0 Å². The Balaban J connectivity index is 1.49. The monoisotopic (exact) mass is 418 g/mol. The van der Waals surface area contributed by atoms with Gasteiger partial charge in [-0.2, -0.15) is 0 Å². The minimum absolute atomic E-state index is 0.632. The standard InChI is InChI=1S/C29H26N2O/c1-19-16-23(22-9-4-8-21(17-22)20-6-2-3-7-20)13-15-30-18-24-11-12-25-26-10-5-14-31-29(26)32-28(25)27(19)24/h4-5,8-17,20H,2-3,6-7,18H2,1H3/b19-16+,23-13+,30-15+. The summed E-state index contributed by atoms with van der Waals surface area (Å²) in [6.07, 6.45) is 13.5. The van der Waals surface area contributed by atoms with Crippen LogP contribution in [0.4, 0.5) is 0 Å². The second-order valence-corrected chi connectivity index (χ2v) is 8.98. The van der Waals surface area contributed by atoms with Gasteiger partial charge in [0.15, 0.2) is 0 Å². The average molecular weight is 419 g/mol. The molecule has 4 aromatic rings. The lowest BCUT2D eigenvalue weighted by atomic mass is 9.92. The molecular weight excluding hydrogens is 392 g/mol. The summed E-state index contributed by atoms with van der Waals surface area (Å²) in [5, 5.41) is 2.16. The van der Waals surface area contributed by atoms with Crippen LogP contribution in [0.3, 0.4) is 0 Å². The summed E-state index contributed by atoms with van der Waals surface area (Å²) in [5.41, 5.74) is 9.00. The van der Waals surface area contributed by atoms with E-state index in [4.69, 9.17) is 9.41 Å². The molecule has 2 aromatic carbocycles. The summed E-state index contributed by atoms with van der Waals surface area (Å²) in [6.45, 7) is 2.81. The SMILES string of the molecule is C\C1=C/C(c2cccc(C3CCCC3)c2)=C\C=N\Cc2ccc3c(oc4ncccc43)c21. The summed E-state index contributed by atoms with van der Waals surface area (Å²) >= 11 is 0. The molecule has 3 heteroatoms. The van der Waals surface area contributed by atoms with Gasteiger partial charge in [0, 0.05) is 28.7 Å². The lowest BCUT2D eigenvalue weighted by Crippen LogP contribution is -1.94. The Hall–Kier alpha value is -3.46. The Labute approximate surface area is 188 Å². The van der Waals surface area contributed by atoms with E-state index in [0.717, 1.165) is 21.9 Å². The van der Waals surface area contributed by atoms with Gasteiger partial charge >= 0.3 is 0 Å². The molecule has 0 spiro atoms. The fourth-order valence-corrected chi connectivity index (χ4v) is 5.33. The minimum atomic E-state index is 0.632. The number of furan rings is 1. The molecule has 3 nitrogen and oxygen atoms in total. The molecule has 0 bridgehead atoms. The van der Waals surface area contributed by atoms with Gasteiger partial charge in [-0.15, -0.1) is 0 Å². The quantitative estimate of drug-likeness (QED) is 0.334. The van der Waals surface area contributed by atoms with Gasteiger partial charge in [-0.25, -0.2) is 4.98 Å². The van der Waals surface area contributed by atoms with E-state index in [-0.39, 0.29) is 0 Å². The molecule has 1 aliphatic carbocycles. The van der Waals surface area contributed by atoms with Crippen LogP contribution in [0.25, 0.3) is 33.2 Å². The third-order valence-corrected chi connectivity index (χ3v) is 6.94. The number of hydrogen-bond donors (Lipinski definition) is 0. The highest BCUT2D eigenvalue weighted by Crippen LogP contribution is 2.38. The molecule has 1 fully saturated rings. The van der Waals surface area contributed by atoms with Crippen LogP contribution in [0.2, 0.25) is 0 Å². The van der Waals surface area contributed by atoms with Crippen LogP contribution in [0, 0.1) is 0 Å². The Morgan fingerprint density at radius 3 is 2.78 bits per heavy atom. The molecular formula is C29H26N2O. The zero-order valence-corrected chi connectivity index (χ0v) is 18.3. The van der Waals surface area contributed by atoms with Crippen LogP contribution in [0.5, 0.6) is 0 Å². The van der Waals surface area contributed by atoms with Crippen molar-refractivity contribution in [1.82, 2.24) is 4.98 Å². The Kier molecular flexibility index (Phi) is 4.75. The lowest BCUT2D eigenvalue weighted by Gasteiger charge is -2.13. The number of fused-ring (bicyclic) bond motifs is 5. The molecule has 0 radical (unpaired) electrons. The van der Waals surface area contributed by atoms with Crippen LogP contribution in [-0.4, -0.2) is 11.2 Å². The number of aliphatic imine (C=N–C) groups is 1. The first-order chi connectivity index (χ1) is 15.8. The maximum Gasteiger partial charge on any atom is 0.227 e. The van der Waals surface area contributed by atoms with Crippen LogP contribution in [-0.2, 0) is 6.54 Å². The van der Waals surface area contributed by atoms with Crippen molar-refractivity contribution in [2.24, 2.45) is 4.99 Å². The fraction of sp³-hybridized carbons (Fsp3) is 0.241. The summed E-state index contributed by atoms with van der Waals surface area (Å²) in [7, 11) is 0. The fourth-order valence-electron chi connectivity index (χ4n) is 5.33. The van der Waals surface area contributed by atoms with E-state index in [9.17, 15) is 0 Å². The number of allylic oxidation sites excluding steroid dienone is 4. The number of nitrogens with zero attached hydrogens (tertiary/aromatic N) is 2. The van der Waals surface area contributed by atoms with Crippen LogP contribution < -0.4 is 0 Å². The first-order valence-electron chi connectivity index (χ1n) is 11.6. The maximum absolute atomic E-state index is 6.26. The molecule has 2 aliphatic rings. The van der Waals surface area contributed by atoms with E-state index in [1.807, 2.05) is 12.3 Å². The zero-order chi connectivity index (χ0) is 21.5. The third kappa shape index (κ3) is 3.29. The normalized spacial score (nSPS) is 21.3. The van der Waals surface area contributed by atoms with Crippen molar-refractivity contribution in [2.45, 2.75) is 45.1 Å². The van der Waals surface area contributed by atoms with Gasteiger partial charge < -0.3 is 4.42 Å². The minimum Gasteiger partial charge on any atom is -0.437 e. The van der Waals surface area contributed by atoms with E-state index in [0.29, 0.717) is 18.2 Å². The van der Waals surface area contributed by atoms with E-state index in [2.05, 4.69) is 66.5 Å². The van der Waals surface area contributed by atoms with Gasteiger partial charge in [0.25, 0.3) is 0 Å². The van der Waals surface area contributed by atoms with Gasteiger partial charge in [-0.1, -0.05) is 55.3 Å². The molecule has 0 amide bonds. The Bertz CT molecular complexity index is 1410. The van der Waals surface area contributed by atoms with Crippen molar-refractivity contribution in [3.05, 3.63) is 89.1 Å². The summed E-state index contributed by atoms with van der Waals surface area (Å²) in [4.78, 5) is 9.15. The Morgan fingerprint density at radius 1 is 0.969 bits per heavy atom. The third-order valence-electron chi connectivity index (χ3n) is 6.94. The summed E-state index contributed by atoms with van der Waals surface area (Å²) in [6, 6.07) is 17.4. The molecule has 0 atom stereocenters. The summed E-state index contributed by atoms with van der Waals surface area (Å²) in [5.74, 6) is 0.703. The van der Waals surface area contributed by atoms with Crippen molar-refractivity contribution >= 4 is 39.4 Å². The smallest absolute Gasteiger partial charge is 0.227 e. The first kappa shape index (κ1) is 19.2. The van der Waals surface area contributed by atoms with Gasteiger partial charge in [-0.05, 0) is 71.7 Å². The molecule has 0 saturated heterocycles. The van der Waals surface area contributed by atoms with Crippen LogP contribution in [0.1, 0.15) is 60.8 Å². The van der Waals surface area contributed by atoms with E-state index in [1.54, 1.807) is 6.20 Å². The highest BCUT2D eigenvalue weighted by Gasteiger charge is 2.19. The molecule has 32 heavy (non-hydrogen) atoms. The molecule has 0 unspecified atom stereocenters. The van der Waals surface area contributed by atoms with Crippen molar-refractivity contribution in [3.63, 3.8) is 0 Å². The van der Waals surface area contributed by atoms with Gasteiger partial charge in [-0.3, -0.25) is 4.99 Å². The van der Waals surface area contributed by atoms with Gasteiger partial charge in [0.05, 0.1) is 6.54 Å². The largest absolute Gasteiger partial charge is 0.437 e. The topological polar surface area (TPSA) is 38.4 Å². The Morgan fingerprint density at radius 2 is 1.88 bits per heavy atom. The maximum atomic E-state index is 6.26. The first-order valence-corrected chi connectivity index (χ1v) is 11.6.